The van der Waals surface area contributed by atoms with Gasteiger partial charge in [0.15, 0.2) is 5.03 Å². The summed E-state index contributed by atoms with van der Waals surface area (Å²) in [6.45, 7) is 1.21. The maximum atomic E-state index is 12.0. The maximum absolute atomic E-state index is 12.0. The second kappa shape index (κ2) is 5.77. The maximum Gasteiger partial charge on any atom is 0.258 e. The van der Waals surface area contributed by atoms with E-state index in [0.717, 1.165) is 18.4 Å². The number of sulfonamides is 1. The van der Waals surface area contributed by atoms with Gasteiger partial charge in [0.2, 0.25) is 0 Å². The van der Waals surface area contributed by atoms with Gasteiger partial charge in [0, 0.05) is 19.3 Å². The lowest BCUT2D eigenvalue weighted by Crippen LogP contribution is -2.32. The van der Waals surface area contributed by atoms with Crippen LogP contribution in [-0.2, 0) is 16.6 Å². The van der Waals surface area contributed by atoms with Crippen molar-refractivity contribution < 1.29 is 8.42 Å². The highest BCUT2D eigenvalue weighted by Crippen LogP contribution is 2.25. The molecule has 0 unspecified atom stereocenters. The first kappa shape index (κ1) is 13.5. The summed E-state index contributed by atoms with van der Waals surface area (Å²) < 4.78 is 26.5. The lowest BCUT2D eigenvalue weighted by Gasteiger charge is -2.25. The Labute approximate surface area is 108 Å². The van der Waals surface area contributed by atoms with Gasteiger partial charge < -0.3 is 5.32 Å². The standard InChI is InChI=1S/C12H19N3O2S/c1-13-7-11-5-6-12(14-8-11)18(16,17)15-9-10-3-2-4-10/h5-6,8,10,13,15H,2-4,7,9H2,1H3. The molecular weight excluding hydrogens is 250 g/mol. The largest absolute Gasteiger partial charge is 0.316 e. The van der Waals surface area contributed by atoms with Crippen LogP contribution in [0, 0.1) is 5.92 Å². The number of rotatable bonds is 6. The van der Waals surface area contributed by atoms with E-state index in [1.165, 1.54) is 6.42 Å². The fourth-order valence-electron chi connectivity index (χ4n) is 1.88. The Hall–Kier alpha value is -0.980. The molecule has 100 valence electrons. The molecule has 1 aromatic heterocycles. The van der Waals surface area contributed by atoms with Gasteiger partial charge in [-0.3, -0.25) is 0 Å². The molecule has 0 amide bonds. The van der Waals surface area contributed by atoms with Gasteiger partial charge >= 0.3 is 0 Å². The van der Waals surface area contributed by atoms with E-state index in [4.69, 9.17) is 0 Å². The third-order valence-corrected chi connectivity index (χ3v) is 4.58. The van der Waals surface area contributed by atoms with Crippen molar-refractivity contribution in [3.63, 3.8) is 0 Å². The summed E-state index contributed by atoms with van der Waals surface area (Å²) in [5.74, 6) is 0.503. The number of hydrogen-bond donors (Lipinski definition) is 2. The summed E-state index contributed by atoms with van der Waals surface area (Å²) >= 11 is 0. The van der Waals surface area contributed by atoms with Gasteiger partial charge in [-0.15, -0.1) is 0 Å². The van der Waals surface area contributed by atoms with E-state index >= 15 is 0 Å². The zero-order valence-electron chi connectivity index (χ0n) is 10.5. The Balaban J connectivity index is 1.99. The number of nitrogens with one attached hydrogen (secondary N) is 2. The molecule has 0 aromatic carbocycles. The van der Waals surface area contributed by atoms with Crippen LogP contribution in [0.1, 0.15) is 24.8 Å². The third-order valence-electron chi connectivity index (χ3n) is 3.24. The summed E-state index contributed by atoms with van der Waals surface area (Å²) in [4.78, 5) is 4.00. The van der Waals surface area contributed by atoms with E-state index in [0.29, 0.717) is 19.0 Å². The summed E-state index contributed by atoms with van der Waals surface area (Å²) in [6.07, 6.45) is 5.05. The first-order chi connectivity index (χ1) is 8.62. The molecule has 0 saturated heterocycles. The van der Waals surface area contributed by atoms with Gasteiger partial charge in [0.05, 0.1) is 0 Å². The molecule has 1 fully saturated rings. The van der Waals surface area contributed by atoms with Crippen molar-refractivity contribution in [1.29, 1.82) is 0 Å². The Kier molecular flexibility index (Phi) is 4.31. The van der Waals surface area contributed by atoms with Gasteiger partial charge in [-0.2, -0.15) is 0 Å². The monoisotopic (exact) mass is 269 g/mol. The first-order valence-corrected chi connectivity index (χ1v) is 7.69. The first-order valence-electron chi connectivity index (χ1n) is 6.21. The van der Waals surface area contributed by atoms with E-state index in [2.05, 4.69) is 15.0 Å². The van der Waals surface area contributed by atoms with Crippen LogP contribution in [0.2, 0.25) is 0 Å². The molecule has 5 nitrogen and oxygen atoms in total. The highest BCUT2D eigenvalue weighted by molar-refractivity contribution is 7.89. The predicted molar refractivity (Wildman–Crippen MR) is 69.5 cm³/mol. The molecular formula is C12H19N3O2S. The highest BCUT2D eigenvalue weighted by Gasteiger charge is 2.21. The Morgan fingerprint density at radius 2 is 2.17 bits per heavy atom. The molecule has 2 rings (SSSR count). The smallest absolute Gasteiger partial charge is 0.258 e. The Morgan fingerprint density at radius 3 is 2.67 bits per heavy atom. The molecule has 18 heavy (non-hydrogen) atoms. The average Bonchev–Trinajstić information content (AvgIpc) is 2.28. The molecule has 0 atom stereocenters. The van der Waals surface area contributed by atoms with Crippen LogP contribution in [0.3, 0.4) is 0 Å². The summed E-state index contributed by atoms with van der Waals surface area (Å²) in [5.41, 5.74) is 0.968. The molecule has 0 radical (unpaired) electrons. The van der Waals surface area contributed by atoms with Crippen molar-refractivity contribution in [2.75, 3.05) is 13.6 Å². The van der Waals surface area contributed by atoms with Gasteiger partial charge in [0.25, 0.3) is 10.0 Å². The molecule has 0 bridgehead atoms. The van der Waals surface area contributed by atoms with Crippen molar-refractivity contribution in [2.45, 2.75) is 30.8 Å². The molecule has 2 N–H and O–H groups in total. The van der Waals surface area contributed by atoms with Gasteiger partial charge in [-0.1, -0.05) is 12.5 Å². The van der Waals surface area contributed by atoms with Crippen molar-refractivity contribution >= 4 is 10.0 Å². The lowest BCUT2D eigenvalue weighted by molar-refractivity contribution is 0.316. The van der Waals surface area contributed by atoms with E-state index in [1.54, 1.807) is 18.3 Å². The van der Waals surface area contributed by atoms with Crippen LogP contribution in [0.5, 0.6) is 0 Å². The predicted octanol–water partition coefficient (Wildman–Crippen LogP) is 0.879. The molecule has 1 aromatic rings. The fraction of sp³-hybridized carbons (Fsp3) is 0.583. The van der Waals surface area contributed by atoms with Crippen molar-refractivity contribution in [2.24, 2.45) is 5.92 Å². The van der Waals surface area contributed by atoms with Crippen molar-refractivity contribution in [3.8, 4) is 0 Å². The van der Waals surface area contributed by atoms with E-state index < -0.39 is 10.0 Å². The minimum absolute atomic E-state index is 0.0988. The van der Waals surface area contributed by atoms with Crippen molar-refractivity contribution in [1.82, 2.24) is 15.0 Å². The molecule has 0 aliphatic heterocycles. The second-order valence-corrected chi connectivity index (χ2v) is 6.40. The van der Waals surface area contributed by atoms with E-state index in [9.17, 15) is 8.42 Å². The van der Waals surface area contributed by atoms with Crippen LogP contribution < -0.4 is 10.0 Å². The lowest BCUT2D eigenvalue weighted by atomic mass is 9.86. The molecule has 0 spiro atoms. The Morgan fingerprint density at radius 1 is 1.39 bits per heavy atom. The SMILES string of the molecule is CNCc1ccc(S(=O)(=O)NCC2CCC2)nc1. The zero-order valence-corrected chi connectivity index (χ0v) is 11.3. The normalized spacial score (nSPS) is 16.5. The van der Waals surface area contributed by atoms with Gasteiger partial charge in [-0.25, -0.2) is 18.1 Å². The number of hydrogen-bond acceptors (Lipinski definition) is 4. The number of pyridine rings is 1. The van der Waals surface area contributed by atoms with E-state index in [-0.39, 0.29) is 5.03 Å². The Bertz CT molecular complexity index is 481. The minimum atomic E-state index is -3.44. The molecule has 1 aliphatic carbocycles. The zero-order chi connectivity index (χ0) is 13.0. The van der Waals surface area contributed by atoms with Gasteiger partial charge in [0.1, 0.15) is 0 Å². The van der Waals surface area contributed by atoms with Crippen LogP contribution in [0.15, 0.2) is 23.4 Å². The second-order valence-electron chi connectivity index (χ2n) is 4.68. The molecule has 1 heterocycles. The molecule has 6 heteroatoms. The van der Waals surface area contributed by atoms with Crippen LogP contribution >= 0.6 is 0 Å². The quantitative estimate of drug-likeness (QED) is 0.804. The fourth-order valence-corrected chi connectivity index (χ4v) is 2.92. The van der Waals surface area contributed by atoms with E-state index in [1.807, 2.05) is 7.05 Å². The topological polar surface area (TPSA) is 71.1 Å². The van der Waals surface area contributed by atoms with Crippen LogP contribution in [0.4, 0.5) is 0 Å². The average molecular weight is 269 g/mol. The summed E-state index contributed by atoms with van der Waals surface area (Å²) in [5, 5.41) is 3.09. The number of nitrogens with zero attached hydrogens (tertiary/aromatic N) is 1. The molecule has 1 saturated carbocycles. The summed E-state index contributed by atoms with van der Waals surface area (Å²) in [6, 6.07) is 3.33. The van der Waals surface area contributed by atoms with Crippen LogP contribution in [-0.4, -0.2) is 27.0 Å². The van der Waals surface area contributed by atoms with Crippen LogP contribution in [0.25, 0.3) is 0 Å². The molecule has 1 aliphatic rings. The van der Waals surface area contributed by atoms with Gasteiger partial charge in [-0.05, 0) is 37.4 Å². The number of aromatic nitrogens is 1. The van der Waals surface area contributed by atoms with Crippen molar-refractivity contribution in [3.05, 3.63) is 23.9 Å². The third kappa shape index (κ3) is 3.28. The highest BCUT2D eigenvalue weighted by atomic mass is 32.2. The minimum Gasteiger partial charge on any atom is -0.316 e. The summed E-state index contributed by atoms with van der Waals surface area (Å²) in [7, 11) is -1.61.